The first kappa shape index (κ1) is 10.8. The Bertz CT molecular complexity index is 324. The van der Waals surface area contributed by atoms with Gasteiger partial charge in [-0.15, -0.1) is 0 Å². The normalized spacial score (nSPS) is 10.9. The van der Waals surface area contributed by atoms with Crippen molar-refractivity contribution >= 4 is 0 Å². The average Bonchev–Trinajstić information content (AvgIpc) is 2.11. The first-order chi connectivity index (χ1) is 6.54. The summed E-state index contributed by atoms with van der Waals surface area (Å²) in [5.74, 6) is -0.166. The molecule has 0 aliphatic rings. The molecule has 0 bridgehead atoms. The molecule has 0 heterocycles. The molecular formula is C10H16N2O2. The summed E-state index contributed by atoms with van der Waals surface area (Å²) in [6, 6.07) is 3.28. The van der Waals surface area contributed by atoms with Crippen LogP contribution in [0.15, 0.2) is 12.1 Å². The largest absolute Gasteiger partial charge is 0.504 e. The molecule has 0 fully saturated rings. The summed E-state index contributed by atoms with van der Waals surface area (Å²) >= 11 is 0. The van der Waals surface area contributed by atoms with Crippen LogP contribution in [0.1, 0.15) is 11.1 Å². The summed E-state index contributed by atoms with van der Waals surface area (Å²) in [6.07, 6.45) is 0. The van der Waals surface area contributed by atoms with E-state index in [4.69, 9.17) is 5.73 Å². The number of phenols is 2. The molecule has 4 N–H and O–H groups in total. The lowest BCUT2D eigenvalue weighted by molar-refractivity contribution is 0.367. The van der Waals surface area contributed by atoms with Gasteiger partial charge in [0.15, 0.2) is 11.5 Å². The number of nitrogens with two attached hydrogens (primary N) is 1. The van der Waals surface area contributed by atoms with Gasteiger partial charge in [-0.25, -0.2) is 0 Å². The van der Waals surface area contributed by atoms with Gasteiger partial charge in [0.05, 0.1) is 0 Å². The standard InChI is InChI=1S/C10H16N2O2/c1-12(2)6-8-3-7(5-11)4-9(13)10(8)14/h3-4,13-14H,5-6,11H2,1-2H3. The molecule has 0 atom stereocenters. The molecule has 0 saturated carbocycles. The van der Waals surface area contributed by atoms with Gasteiger partial charge in [0.2, 0.25) is 0 Å². The molecule has 1 rings (SSSR count). The van der Waals surface area contributed by atoms with Crippen molar-refractivity contribution in [3.05, 3.63) is 23.3 Å². The van der Waals surface area contributed by atoms with Crippen LogP contribution < -0.4 is 5.73 Å². The Hall–Kier alpha value is -1.26. The van der Waals surface area contributed by atoms with Crippen LogP contribution in [0.3, 0.4) is 0 Å². The van der Waals surface area contributed by atoms with Gasteiger partial charge in [-0.1, -0.05) is 0 Å². The van der Waals surface area contributed by atoms with Gasteiger partial charge in [-0.05, 0) is 31.8 Å². The number of nitrogens with zero attached hydrogens (tertiary/aromatic N) is 1. The van der Waals surface area contributed by atoms with Crippen LogP contribution in [-0.4, -0.2) is 29.2 Å². The molecule has 0 amide bonds. The number of hydrogen-bond acceptors (Lipinski definition) is 4. The summed E-state index contributed by atoms with van der Waals surface area (Å²) in [7, 11) is 3.79. The summed E-state index contributed by atoms with van der Waals surface area (Å²) < 4.78 is 0. The highest BCUT2D eigenvalue weighted by atomic mass is 16.3. The SMILES string of the molecule is CN(C)Cc1cc(CN)cc(O)c1O. The minimum absolute atomic E-state index is 0.0594. The van der Waals surface area contributed by atoms with Gasteiger partial charge in [-0.2, -0.15) is 0 Å². The third kappa shape index (κ3) is 2.37. The van der Waals surface area contributed by atoms with Crippen LogP contribution in [0.4, 0.5) is 0 Å². The van der Waals surface area contributed by atoms with Crippen LogP contribution >= 0.6 is 0 Å². The van der Waals surface area contributed by atoms with E-state index in [0.29, 0.717) is 18.7 Å². The first-order valence-corrected chi connectivity index (χ1v) is 4.43. The van der Waals surface area contributed by atoms with E-state index in [0.717, 1.165) is 5.56 Å². The van der Waals surface area contributed by atoms with Crippen molar-refractivity contribution in [3.63, 3.8) is 0 Å². The predicted molar refractivity (Wildman–Crippen MR) is 55.1 cm³/mol. The zero-order chi connectivity index (χ0) is 10.7. The fraction of sp³-hybridized carbons (Fsp3) is 0.400. The molecule has 0 aliphatic carbocycles. The number of hydrogen-bond donors (Lipinski definition) is 3. The molecule has 1 aromatic rings. The smallest absolute Gasteiger partial charge is 0.162 e. The van der Waals surface area contributed by atoms with Gasteiger partial charge in [0, 0.05) is 18.7 Å². The quantitative estimate of drug-likeness (QED) is 0.620. The van der Waals surface area contributed by atoms with Gasteiger partial charge >= 0.3 is 0 Å². The summed E-state index contributed by atoms with van der Waals surface area (Å²) in [5.41, 5.74) is 6.97. The molecule has 0 aliphatic heterocycles. The highest BCUT2D eigenvalue weighted by Gasteiger charge is 2.09. The second kappa shape index (κ2) is 4.30. The van der Waals surface area contributed by atoms with E-state index in [1.165, 1.54) is 6.07 Å². The van der Waals surface area contributed by atoms with Crippen molar-refractivity contribution in [1.82, 2.24) is 4.90 Å². The zero-order valence-corrected chi connectivity index (χ0v) is 8.49. The maximum atomic E-state index is 9.55. The Morgan fingerprint density at radius 1 is 1.29 bits per heavy atom. The van der Waals surface area contributed by atoms with E-state index in [-0.39, 0.29) is 11.5 Å². The molecule has 14 heavy (non-hydrogen) atoms. The van der Waals surface area contributed by atoms with E-state index in [2.05, 4.69) is 0 Å². The molecule has 0 spiro atoms. The molecule has 0 radical (unpaired) electrons. The Labute approximate surface area is 83.6 Å². The average molecular weight is 196 g/mol. The summed E-state index contributed by atoms with van der Waals surface area (Å²) in [5, 5.41) is 18.9. The number of benzene rings is 1. The van der Waals surface area contributed by atoms with E-state index >= 15 is 0 Å². The number of aromatic hydroxyl groups is 2. The van der Waals surface area contributed by atoms with E-state index in [9.17, 15) is 10.2 Å². The first-order valence-electron chi connectivity index (χ1n) is 4.43. The monoisotopic (exact) mass is 196 g/mol. The van der Waals surface area contributed by atoms with Gasteiger partial charge < -0.3 is 20.8 Å². The molecule has 0 unspecified atom stereocenters. The van der Waals surface area contributed by atoms with Crippen LogP contribution in [0.25, 0.3) is 0 Å². The molecule has 4 heteroatoms. The summed E-state index contributed by atoms with van der Waals surface area (Å²) in [4.78, 5) is 1.91. The second-order valence-corrected chi connectivity index (χ2v) is 3.56. The predicted octanol–water partition coefficient (Wildman–Crippen LogP) is 0.618. The third-order valence-corrected chi connectivity index (χ3v) is 1.95. The maximum Gasteiger partial charge on any atom is 0.162 e. The highest BCUT2D eigenvalue weighted by molar-refractivity contribution is 5.47. The maximum absolute atomic E-state index is 9.55. The van der Waals surface area contributed by atoms with E-state index in [1.54, 1.807) is 6.07 Å². The van der Waals surface area contributed by atoms with E-state index in [1.807, 2.05) is 19.0 Å². The lowest BCUT2D eigenvalue weighted by Crippen LogP contribution is -2.11. The molecule has 0 saturated heterocycles. The van der Waals surface area contributed by atoms with Crippen molar-refractivity contribution < 1.29 is 10.2 Å². The molecule has 4 nitrogen and oxygen atoms in total. The number of rotatable bonds is 3. The highest BCUT2D eigenvalue weighted by Crippen LogP contribution is 2.30. The van der Waals surface area contributed by atoms with Gasteiger partial charge in [0.25, 0.3) is 0 Å². The van der Waals surface area contributed by atoms with Crippen LogP contribution in [0.2, 0.25) is 0 Å². The molecular weight excluding hydrogens is 180 g/mol. The third-order valence-electron chi connectivity index (χ3n) is 1.95. The van der Waals surface area contributed by atoms with E-state index < -0.39 is 0 Å². The zero-order valence-electron chi connectivity index (χ0n) is 8.49. The van der Waals surface area contributed by atoms with Crippen LogP contribution in [-0.2, 0) is 13.1 Å². The topological polar surface area (TPSA) is 69.7 Å². The number of phenolic OH excluding ortho intramolecular Hbond substituents is 2. The minimum atomic E-state index is -0.107. The molecule has 0 aromatic heterocycles. The van der Waals surface area contributed by atoms with Crippen molar-refractivity contribution in [2.24, 2.45) is 5.73 Å². The van der Waals surface area contributed by atoms with Crippen LogP contribution in [0.5, 0.6) is 11.5 Å². The molecule has 1 aromatic carbocycles. The Balaban J connectivity index is 3.07. The Kier molecular flexibility index (Phi) is 3.33. The molecule has 78 valence electrons. The summed E-state index contributed by atoms with van der Waals surface area (Å²) in [6.45, 7) is 0.932. The van der Waals surface area contributed by atoms with Crippen LogP contribution in [0, 0.1) is 0 Å². The Morgan fingerprint density at radius 2 is 1.93 bits per heavy atom. The fourth-order valence-corrected chi connectivity index (χ4v) is 1.32. The van der Waals surface area contributed by atoms with Crippen molar-refractivity contribution in [1.29, 1.82) is 0 Å². The van der Waals surface area contributed by atoms with Gasteiger partial charge in [-0.3, -0.25) is 0 Å². The lowest BCUT2D eigenvalue weighted by atomic mass is 10.1. The van der Waals surface area contributed by atoms with Crippen molar-refractivity contribution in [2.75, 3.05) is 14.1 Å². The second-order valence-electron chi connectivity index (χ2n) is 3.56. The van der Waals surface area contributed by atoms with Crippen molar-refractivity contribution in [2.45, 2.75) is 13.1 Å². The van der Waals surface area contributed by atoms with Crippen molar-refractivity contribution in [3.8, 4) is 11.5 Å². The van der Waals surface area contributed by atoms with Gasteiger partial charge in [0.1, 0.15) is 0 Å². The fourth-order valence-electron chi connectivity index (χ4n) is 1.32. The lowest BCUT2D eigenvalue weighted by Gasteiger charge is -2.13. The minimum Gasteiger partial charge on any atom is -0.504 e. The Morgan fingerprint density at radius 3 is 2.43 bits per heavy atom.